The van der Waals surface area contributed by atoms with Crippen molar-refractivity contribution >= 4 is 5.91 Å². The Morgan fingerprint density at radius 2 is 2.21 bits per heavy atom. The summed E-state index contributed by atoms with van der Waals surface area (Å²) < 4.78 is 0. The van der Waals surface area contributed by atoms with E-state index in [0.717, 1.165) is 18.4 Å². The molecule has 3 rings (SSSR count). The molecule has 2 aliphatic rings. The lowest BCUT2D eigenvalue weighted by molar-refractivity contribution is -0.123. The molecule has 2 saturated carbocycles. The highest BCUT2D eigenvalue weighted by Crippen LogP contribution is 2.48. The molecule has 0 saturated heterocycles. The molecule has 2 fully saturated rings. The van der Waals surface area contributed by atoms with Gasteiger partial charge in [-0.15, -0.1) is 0 Å². The third-order valence-corrected chi connectivity index (χ3v) is 4.48. The van der Waals surface area contributed by atoms with Crippen molar-refractivity contribution in [1.82, 2.24) is 5.32 Å². The number of carbonyl (C=O) groups is 1. The summed E-state index contributed by atoms with van der Waals surface area (Å²) in [5, 5.41) is 3.06. The fourth-order valence-corrected chi connectivity index (χ4v) is 2.79. The topological polar surface area (TPSA) is 55.1 Å². The highest BCUT2D eigenvalue weighted by Gasteiger charge is 2.51. The predicted molar refractivity (Wildman–Crippen MR) is 75.8 cm³/mol. The van der Waals surface area contributed by atoms with Crippen LogP contribution in [-0.4, -0.2) is 18.5 Å². The maximum atomic E-state index is 12.4. The first kappa shape index (κ1) is 12.7. The minimum Gasteiger partial charge on any atom is -0.354 e. The van der Waals surface area contributed by atoms with Gasteiger partial charge in [0.2, 0.25) is 5.91 Å². The Bertz CT molecular complexity index is 489. The highest BCUT2D eigenvalue weighted by atomic mass is 16.2. The standard InChI is InChI=1S/C16H22N2O/c1-11-3-2-4-13(9-11)16(7-8-16)15(19)18-10-14(17)12-5-6-12/h2-4,9,12,14H,5-8,10,17H2,1H3,(H,18,19). The molecule has 3 nitrogen and oxygen atoms in total. The van der Waals surface area contributed by atoms with E-state index >= 15 is 0 Å². The molecule has 0 bridgehead atoms. The summed E-state index contributed by atoms with van der Waals surface area (Å²) >= 11 is 0. The molecule has 1 amide bonds. The first-order valence-electron chi connectivity index (χ1n) is 7.23. The number of aryl methyl sites for hydroxylation is 1. The molecule has 0 aromatic heterocycles. The lowest BCUT2D eigenvalue weighted by atomic mass is 9.93. The Morgan fingerprint density at radius 3 is 2.79 bits per heavy atom. The van der Waals surface area contributed by atoms with E-state index in [1.807, 2.05) is 6.07 Å². The van der Waals surface area contributed by atoms with Gasteiger partial charge in [-0.05, 0) is 44.1 Å². The average molecular weight is 258 g/mol. The van der Waals surface area contributed by atoms with Crippen molar-refractivity contribution in [3.8, 4) is 0 Å². The summed E-state index contributed by atoms with van der Waals surface area (Å²) in [6.07, 6.45) is 4.36. The first-order valence-corrected chi connectivity index (χ1v) is 7.23. The number of rotatable bonds is 5. The van der Waals surface area contributed by atoms with Crippen molar-refractivity contribution in [2.24, 2.45) is 11.7 Å². The van der Waals surface area contributed by atoms with Crippen LogP contribution in [0.2, 0.25) is 0 Å². The molecular weight excluding hydrogens is 236 g/mol. The number of benzene rings is 1. The van der Waals surface area contributed by atoms with Crippen molar-refractivity contribution in [1.29, 1.82) is 0 Å². The third kappa shape index (κ3) is 2.52. The second-order valence-corrected chi connectivity index (χ2v) is 6.16. The number of nitrogens with one attached hydrogen (secondary N) is 1. The van der Waals surface area contributed by atoms with Gasteiger partial charge in [-0.3, -0.25) is 4.79 Å². The fraction of sp³-hybridized carbons (Fsp3) is 0.562. The molecular formula is C16H22N2O. The van der Waals surface area contributed by atoms with E-state index in [4.69, 9.17) is 5.73 Å². The van der Waals surface area contributed by atoms with Gasteiger partial charge in [-0.25, -0.2) is 0 Å². The number of carbonyl (C=O) groups excluding carboxylic acids is 1. The molecule has 1 aromatic carbocycles. The van der Waals surface area contributed by atoms with Gasteiger partial charge in [0, 0.05) is 12.6 Å². The van der Waals surface area contributed by atoms with E-state index in [0.29, 0.717) is 12.5 Å². The molecule has 0 radical (unpaired) electrons. The average Bonchev–Trinajstić information content (AvgIpc) is 3.29. The largest absolute Gasteiger partial charge is 0.354 e. The Morgan fingerprint density at radius 1 is 1.47 bits per heavy atom. The summed E-state index contributed by atoms with van der Waals surface area (Å²) in [6, 6.07) is 8.44. The van der Waals surface area contributed by atoms with E-state index in [-0.39, 0.29) is 17.4 Å². The van der Waals surface area contributed by atoms with Gasteiger partial charge in [0.1, 0.15) is 0 Å². The minimum atomic E-state index is -0.269. The molecule has 1 atom stereocenters. The lowest BCUT2D eigenvalue weighted by Gasteiger charge is -2.18. The number of amides is 1. The summed E-state index contributed by atoms with van der Waals surface area (Å²) in [5.41, 5.74) is 8.14. The van der Waals surface area contributed by atoms with Gasteiger partial charge in [0.25, 0.3) is 0 Å². The zero-order chi connectivity index (χ0) is 13.5. The summed E-state index contributed by atoms with van der Waals surface area (Å²) in [4.78, 5) is 12.4. The summed E-state index contributed by atoms with van der Waals surface area (Å²) in [7, 11) is 0. The molecule has 2 aliphatic carbocycles. The molecule has 19 heavy (non-hydrogen) atoms. The van der Waals surface area contributed by atoms with E-state index in [9.17, 15) is 4.79 Å². The Kier molecular flexibility index (Phi) is 3.09. The molecule has 1 unspecified atom stereocenters. The molecule has 1 aromatic rings. The Labute approximate surface area is 114 Å². The maximum absolute atomic E-state index is 12.4. The van der Waals surface area contributed by atoms with Gasteiger partial charge in [-0.1, -0.05) is 29.8 Å². The van der Waals surface area contributed by atoms with E-state index < -0.39 is 0 Å². The van der Waals surface area contributed by atoms with Crippen LogP contribution >= 0.6 is 0 Å². The van der Waals surface area contributed by atoms with Crippen LogP contribution in [0.4, 0.5) is 0 Å². The van der Waals surface area contributed by atoms with Crippen LogP contribution in [-0.2, 0) is 10.2 Å². The second kappa shape index (κ2) is 4.64. The molecule has 102 valence electrons. The van der Waals surface area contributed by atoms with Crippen molar-refractivity contribution in [3.63, 3.8) is 0 Å². The minimum absolute atomic E-state index is 0.136. The number of nitrogens with two attached hydrogens (primary N) is 1. The SMILES string of the molecule is Cc1cccc(C2(C(=O)NCC(N)C3CC3)CC2)c1. The zero-order valence-electron chi connectivity index (χ0n) is 11.5. The van der Waals surface area contributed by atoms with Crippen LogP contribution in [0.25, 0.3) is 0 Å². The zero-order valence-corrected chi connectivity index (χ0v) is 11.5. The van der Waals surface area contributed by atoms with E-state index in [1.54, 1.807) is 0 Å². The van der Waals surface area contributed by atoms with Crippen LogP contribution in [0.3, 0.4) is 0 Å². The van der Waals surface area contributed by atoms with Crippen LogP contribution in [0.5, 0.6) is 0 Å². The van der Waals surface area contributed by atoms with Gasteiger partial charge in [0.05, 0.1) is 5.41 Å². The van der Waals surface area contributed by atoms with E-state index in [2.05, 4.69) is 30.4 Å². The van der Waals surface area contributed by atoms with Gasteiger partial charge in [-0.2, -0.15) is 0 Å². The van der Waals surface area contributed by atoms with Crippen LogP contribution in [0, 0.1) is 12.8 Å². The fourth-order valence-electron chi connectivity index (χ4n) is 2.79. The summed E-state index contributed by atoms with van der Waals surface area (Å²) in [6.45, 7) is 2.69. The number of hydrogen-bond acceptors (Lipinski definition) is 2. The summed E-state index contributed by atoms with van der Waals surface area (Å²) in [5.74, 6) is 0.795. The smallest absolute Gasteiger partial charge is 0.230 e. The molecule has 3 heteroatoms. The third-order valence-electron chi connectivity index (χ3n) is 4.48. The second-order valence-electron chi connectivity index (χ2n) is 6.16. The van der Waals surface area contributed by atoms with Crippen molar-refractivity contribution in [2.75, 3.05) is 6.54 Å². The molecule has 3 N–H and O–H groups in total. The van der Waals surface area contributed by atoms with Crippen molar-refractivity contribution < 1.29 is 4.79 Å². The Hall–Kier alpha value is -1.35. The van der Waals surface area contributed by atoms with Crippen molar-refractivity contribution in [3.05, 3.63) is 35.4 Å². The van der Waals surface area contributed by atoms with Crippen LogP contribution in [0.15, 0.2) is 24.3 Å². The molecule has 0 heterocycles. The Balaban J connectivity index is 1.65. The van der Waals surface area contributed by atoms with Crippen LogP contribution in [0.1, 0.15) is 36.8 Å². The normalized spacial score (nSPS) is 21.8. The van der Waals surface area contributed by atoms with Gasteiger partial charge in [0.15, 0.2) is 0 Å². The molecule has 0 aliphatic heterocycles. The quantitative estimate of drug-likeness (QED) is 0.847. The monoisotopic (exact) mass is 258 g/mol. The molecule has 0 spiro atoms. The van der Waals surface area contributed by atoms with Crippen molar-refractivity contribution in [2.45, 2.75) is 44.1 Å². The number of hydrogen-bond donors (Lipinski definition) is 2. The van der Waals surface area contributed by atoms with Gasteiger partial charge >= 0.3 is 0 Å². The predicted octanol–water partition coefficient (Wildman–Crippen LogP) is 1.88. The van der Waals surface area contributed by atoms with Crippen LogP contribution < -0.4 is 11.1 Å². The maximum Gasteiger partial charge on any atom is 0.230 e. The van der Waals surface area contributed by atoms with Gasteiger partial charge < -0.3 is 11.1 Å². The first-order chi connectivity index (χ1) is 9.12. The lowest BCUT2D eigenvalue weighted by Crippen LogP contribution is -2.43. The van der Waals surface area contributed by atoms with E-state index in [1.165, 1.54) is 18.4 Å². The highest BCUT2D eigenvalue weighted by molar-refractivity contribution is 5.91.